The van der Waals surface area contributed by atoms with Gasteiger partial charge in [-0.2, -0.15) is 5.10 Å². The highest BCUT2D eigenvalue weighted by molar-refractivity contribution is 5.94. The zero-order valence-corrected chi connectivity index (χ0v) is 14.3. The Balaban J connectivity index is 1.72. The Morgan fingerprint density at radius 1 is 1.33 bits per heavy atom. The van der Waals surface area contributed by atoms with Crippen LogP contribution < -0.4 is 10.2 Å². The third-order valence-electron chi connectivity index (χ3n) is 4.16. The minimum absolute atomic E-state index is 0.0453. The molecule has 8 heteroatoms. The van der Waals surface area contributed by atoms with Crippen molar-refractivity contribution in [3.05, 3.63) is 36.4 Å². The molecule has 1 amide bonds. The number of aromatic nitrogens is 4. The highest BCUT2D eigenvalue weighted by Crippen LogP contribution is 2.22. The van der Waals surface area contributed by atoms with Crippen molar-refractivity contribution in [1.29, 1.82) is 0 Å². The van der Waals surface area contributed by atoms with E-state index >= 15 is 0 Å². The summed E-state index contributed by atoms with van der Waals surface area (Å²) in [7, 11) is 5.89. The fourth-order valence-corrected chi connectivity index (χ4v) is 3.10. The molecule has 1 N–H and O–H groups in total. The van der Waals surface area contributed by atoms with Crippen LogP contribution in [0.25, 0.3) is 0 Å². The molecular formula is C16H23N7O. The maximum atomic E-state index is 12.5. The number of rotatable bonds is 5. The number of carbonyl (C=O) groups is 1. The van der Waals surface area contributed by atoms with Crippen LogP contribution in [0.15, 0.2) is 30.9 Å². The molecular weight excluding hydrogens is 306 g/mol. The van der Waals surface area contributed by atoms with E-state index in [1.165, 1.54) is 0 Å². The highest BCUT2D eigenvalue weighted by Gasteiger charge is 2.35. The van der Waals surface area contributed by atoms with E-state index in [-0.39, 0.29) is 11.9 Å². The predicted molar refractivity (Wildman–Crippen MR) is 90.8 cm³/mol. The van der Waals surface area contributed by atoms with Crippen molar-refractivity contribution in [1.82, 2.24) is 30.0 Å². The number of hydrogen-bond acceptors (Lipinski definition) is 6. The maximum Gasteiger partial charge on any atom is 0.254 e. The van der Waals surface area contributed by atoms with Gasteiger partial charge in [-0.3, -0.25) is 9.48 Å². The Hall–Kier alpha value is -2.48. The summed E-state index contributed by atoms with van der Waals surface area (Å²) in [5.74, 6) is 0.927. The van der Waals surface area contributed by atoms with Crippen LogP contribution in [0.3, 0.4) is 0 Å². The van der Waals surface area contributed by atoms with Crippen molar-refractivity contribution in [2.45, 2.75) is 6.04 Å². The van der Waals surface area contributed by atoms with Gasteiger partial charge in [0.15, 0.2) is 0 Å². The van der Waals surface area contributed by atoms with Gasteiger partial charge < -0.3 is 15.1 Å². The predicted octanol–water partition coefficient (Wildman–Crippen LogP) is 0.00650. The Kier molecular flexibility index (Phi) is 4.75. The third-order valence-corrected chi connectivity index (χ3v) is 4.16. The lowest BCUT2D eigenvalue weighted by atomic mass is 10.0. The van der Waals surface area contributed by atoms with E-state index < -0.39 is 0 Å². The van der Waals surface area contributed by atoms with Crippen LogP contribution in [0.2, 0.25) is 0 Å². The van der Waals surface area contributed by atoms with Crippen molar-refractivity contribution in [3.63, 3.8) is 0 Å². The largest absolute Gasteiger partial charge is 0.347 e. The van der Waals surface area contributed by atoms with E-state index in [0.29, 0.717) is 24.0 Å². The Morgan fingerprint density at radius 2 is 2.08 bits per heavy atom. The van der Waals surface area contributed by atoms with Gasteiger partial charge in [0.05, 0.1) is 17.8 Å². The SMILES string of the molecule is CN(C)C[C@@H]1CN(c2ncccn2)C[C@H]1NC(=O)c1cnn(C)c1. The average molecular weight is 329 g/mol. The zero-order chi connectivity index (χ0) is 17.1. The van der Waals surface area contributed by atoms with Crippen molar-refractivity contribution in [3.8, 4) is 0 Å². The molecule has 0 saturated carbocycles. The Bertz CT molecular complexity index is 685. The highest BCUT2D eigenvalue weighted by atomic mass is 16.1. The van der Waals surface area contributed by atoms with Gasteiger partial charge in [0.25, 0.3) is 5.91 Å². The van der Waals surface area contributed by atoms with Crippen molar-refractivity contribution in [2.24, 2.45) is 13.0 Å². The molecule has 3 heterocycles. The molecule has 0 unspecified atom stereocenters. The molecule has 0 radical (unpaired) electrons. The van der Waals surface area contributed by atoms with Gasteiger partial charge in [-0.25, -0.2) is 9.97 Å². The number of anilines is 1. The quantitative estimate of drug-likeness (QED) is 0.832. The summed E-state index contributed by atoms with van der Waals surface area (Å²) >= 11 is 0. The molecule has 2 aromatic rings. The minimum atomic E-state index is -0.0901. The molecule has 2 atom stereocenters. The van der Waals surface area contributed by atoms with Crippen LogP contribution in [-0.4, -0.2) is 70.3 Å². The van der Waals surface area contributed by atoms with Crippen molar-refractivity contribution >= 4 is 11.9 Å². The number of hydrogen-bond donors (Lipinski definition) is 1. The molecule has 3 rings (SSSR count). The summed E-state index contributed by atoms with van der Waals surface area (Å²) in [5, 5.41) is 7.21. The second-order valence-corrected chi connectivity index (χ2v) is 6.46. The normalized spacial score (nSPS) is 20.6. The van der Waals surface area contributed by atoms with E-state index in [0.717, 1.165) is 13.1 Å². The minimum Gasteiger partial charge on any atom is -0.347 e. The van der Waals surface area contributed by atoms with Crippen molar-refractivity contribution < 1.29 is 4.79 Å². The van der Waals surface area contributed by atoms with Gasteiger partial charge >= 0.3 is 0 Å². The fraction of sp³-hybridized carbons (Fsp3) is 0.500. The van der Waals surface area contributed by atoms with E-state index in [4.69, 9.17) is 0 Å². The van der Waals surface area contributed by atoms with Gasteiger partial charge in [-0.15, -0.1) is 0 Å². The molecule has 1 aliphatic rings. The lowest BCUT2D eigenvalue weighted by molar-refractivity contribution is 0.0928. The smallest absolute Gasteiger partial charge is 0.254 e. The first-order valence-corrected chi connectivity index (χ1v) is 7.99. The fourth-order valence-electron chi connectivity index (χ4n) is 3.10. The molecule has 128 valence electrons. The molecule has 1 saturated heterocycles. The maximum absolute atomic E-state index is 12.5. The molecule has 24 heavy (non-hydrogen) atoms. The van der Waals surface area contributed by atoms with Crippen LogP contribution in [0, 0.1) is 5.92 Å². The van der Waals surface area contributed by atoms with Crippen LogP contribution in [0.4, 0.5) is 5.95 Å². The van der Waals surface area contributed by atoms with Gasteiger partial charge in [0, 0.05) is 51.2 Å². The standard InChI is InChI=1S/C16H23N7O/c1-21(2)8-13-10-23(16-17-5-4-6-18-16)11-14(13)20-15(24)12-7-19-22(3)9-12/h4-7,9,13-14H,8,10-11H2,1-3H3,(H,20,24)/t13-,14-/m1/s1. The van der Waals surface area contributed by atoms with Crippen molar-refractivity contribution in [2.75, 3.05) is 38.6 Å². The summed E-state index contributed by atoms with van der Waals surface area (Å²) in [6.45, 7) is 2.41. The number of carbonyl (C=O) groups excluding carboxylic acids is 1. The molecule has 8 nitrogen and oxygen atoms in total. The summed E-state index contributed by atoms with van der Waals surface area (Å²) in [6.07, 6.45) is 6.79. The second-order valence-electron chi connectivity index (χ2n) is 6.46. The average Bonchev–Trinajstić information content (AvgIpc) is 3.15. The van der Waals surface area contributed by atoms with Gasteiger partial charge in [0.2, 0.25) is 5.95 Å². The molecule has 0 aliphatic carbocycles. The van der Waals surface area contributed by atoms with E-state index in [1.54, 1.807) is 42.6 Å². The van der Waals surface area contributed by atoms with Crippen LogP contribution >= 0.6 is 0 Å². The number of amides is 1. The first-order chi connectivity index (χ1) is 11.5. The molecule has 0 bridgehead atoms. The summed E-state index contributed by atoms with van der Waals surface area (Å²) in [5.41, 5.74) is 0.579. The summed E-state index contributed by atoms with van der Waals surface area (Å²) in [6, 6.07) is 1.85. The summed E-state index contributed by atoms with van der Waals surface area (Å²) < 4.78 is 1.63. The molecule has 0 aromatic carbocycles. The monoisotopic (exact) mass is 329 g/mol. The molecule has 1 aliphatic heterocycles. The summed E-state index contributed by atoms with van der Waals surface area (Å²) in [4.78, 5) is 25.4. The van der Waals surface area contributed by atoms with E-state index in [1.807, 2.05) is 14.1 Å². The van der Waals surface area contributed by atoms with Gasteiger partial charge in [-0.1, -0.05) is 0 Å². The lowest BCUT2D eigenvalue weighted by Gasteiger charge is -2.22. The first kappa shape index (κ1) is 16.4. The van der Waals surface area contributed by atoms with E-state index in [2.05, 4.69) is 30.2 Å². The van der Waals surface area contributed by atoms with Gasteiger partial charge in [-0.05, 0) is 20.2 Å². The van der Waals surface area contributed by atoms with Crippen LogP contribution in [-0.2, 0) is 7.05 Å². The van der Waals surface area contributed by atoms with E-state index in [9.17, 15) is 4.79 Å². The third kappa shape index (κ3) is 3.70. The molecule has 1 fully saturated rings. The zero-order valence-electron chi connectivity index (χ0n) is 14.3. The topological polar surface area (TPSA) is 79.2 Å². The first-order valence-electron chi connectivity index (χ1n) is 7.99. The second kappa shape index (κ2) is 6.96. The van der Waals surface area contributed by atoms with Crippen LogP contribution in [0.5, 0.6) is 0 Å². The lowest BCUT2D eigenvalue weighted by Crippen LogP contribution is -2.43. The Labute approximate surface area is 141 Å². The number of nitrogens with one attached hydrogen (secondary N) is 1. The number of nitrogens with zero attached hydrogens (tertiary/aromatic N) is 6. The number of aryl methyl sites for hydroxylation is 1. The molecule has 2 aromatic heterocycles. The van der Waals surface area contributed by atoms with Gasteiger partial charge in [0.1, 0.15) is 0 Å². The Morgan fingerprint density at radius 3 is 2.71 bits per heavy atom. The molecule has 0 spiro atoms. The van der Waals surface area contributed by atoms with Crippen LogP contribution in [0.1, 0.15) is 10.4 Å².